The number of aryl methyl sites for hydroxylation is 2. The average molecular weight is 528 g/mol. The summed E-state index contributed by atoms with van der Waals surface area (Å²) in [4.78, 5) is 41.6. The largest absolute Gasteiger partial charge is 0.508 e. The number of amides is 3. The van der Waals surface area contributed by atoms with E-state index < -0.39 is 42.2 Å². The number of benzene rings is 2. The van der Waals surface area contributed by atoms with Gasteiger partial charge in [-0.1, -0.05) is 44.2 Å². The summed E-state index contributed by atoms with van der Waals surface area (Å²) in [7, 11) is 0. The van der Waals surface area contributed by atoms with Crippen LogP contribution in [0, 0.1) is 19.8 Å². The Kier molecular flexibility index (Phi) is 10.7. The minimum atomic E-state index is -1.20. The molecule has 0 bridgehead atoms. The van der Waals surface area contributed by atoms with E-state index in [0.29, 0.717) is 11.3 Å². The Morgan fingerprint density at radius 1 is 1.03 bits per heavy atom. The molecule has 0 radical (unpaired) electrons. The Morgan fingerprint density at radius 3 is 2.16 bits per heavy atom. The van der Waals surface area contributed by atoms with Crippen molar-refractivity contribution in [1.29, 1.82) is 0 Å². The number of carbonyl (C=O) groups is 3. The van der Waals surface area contributed by atoms with Crippen LogP contribution in [0.1, 0.15) is 63.8 Å². The van der Waals surface area contributed by atoms with Crippen molar-refractivity contribution in [2.45, 2.75) is 72.6 Å². The molecule has 0 aliphatic rings. The summed E-state index contributed by atoms with van der Waals surface area (Å²) in [5.74, 6) is -1.12. The van der Waals surface area contributed by atoms with Crippen LogP contribution < -0.4 is 10.6 Å². The van der Waals surface area contributed by atoms with Gasteiger partial charge in [0.15, 0.2) is 0 Å². The van der Waals surface area contributed by atoms with Gasteiger partial charge in [-0.25, -0.2) is 4.79 Å². The number of carbonyl (C=O) groups excluding carboxylic acids is 3. The van der Waals surface area contributed by atoms with Gasteiger partial charge < -0.3 is 30.5 Å². The first-order chi connectivity index (χ1) is 17.7. The molecule has 0 aromatic heterocycles. The monoisotopic (exact) mass is 527 g/mol. The second-order valence-electron chi connectivity index (χ2n) is 10.8. The zero-order chi connectivity index (χ0) is 28.6. The Hall–Kier alpha value is -3.59. The number of nitrogens with one attached hydrogen (secondary N) is 2. The quantitative estimate of drug-likeness (QED) is 0.361. The fourth-order valence-corrected chi connectivity index (χ4v) is 4.19. The first kappa shape index (κ1) is 30.6. The fourth-order valence-electron chi connectivity index (χ4n) is 4.19. The molecule has 0 heterocycles. The molecule has 2 aromatic rings. The van der Waals surface area contributed by atoms with Gasteiger partial charge in [0.05, 0.1) is 6.61 Å². The lowest BCUT2D eigenvalue weighted by Crippen LogP contribution is -2.53. The maximum Gasteiger partial charge on any atom is 0.408 e. The zero-order valence-corrected chi connectivity index (χ0v) is 23.4. The highest BCUT2D eigenvalue weighted by Crippen LogP contribution is 2.29. The molecule has 2 rings (SSSR count). The smallest absolute Gasteiger partial charge is 0.408 e. The van der Waals surface area contributed by atoms with E-state index in [0.717, 1.165) is 11.1 Å². The summed E-state index contributed by atoms with van der Waals surface area (Å²) in [5.41, 5.74) is 1.89. The number of aromatic hydroxyl groups is 1. The van der Waals surface area contributed by atoms with Crippen LogP contribution in [0.5, 0.6) is 5.75 Å². The van der Waals surface area contributed by atoms with Crippen molar-refractivity contribution >= 4 is 23.6 Å². The number of hydrogen-bond donors (Lipinski definition) is 4. The van der Waals surface area contributed by atoms with E-state index in [-0.39, 0.29) is 24.6 Å². The molecule has 3 amide bonds. The molecule has 2 unspecified atom stereocenters. The lowest BCUT2D eigenvalue weighted by Gasteiger charge is -2.34. The molecular formula is C29H41N3O6. The molecule has 2 aromatic carbocycles. The van der Waals surface area contributed by atoms with Crippen LogP contribution in [-0.4, -0.2) is 57.8 Å². The fraction of sp³-hybridized carbons (Fsp3) is 0.483. The van der Waals surface area contributed by atoms with Crippen LogP contribution in [0.4, 0.5) is 10.5 Å². The van der Waals surface area contributed by atoms with Crippen LogP contribution in [0.3, 0.4) is 0 Å². The van der Waals surface area contributed by atoms with Gasteiger partial charge in [0, 0.05) is 12.2 Å². The van der Waals surface area contributed by atoms with Crippen LogP contribution >= 0.6 is 0 Å². The molecule has 0 fully saturated rings. The van der Waals surface area contributed by atoms with E-state index in [1.807, 2.05) is 45.9 Å². The van der Waals surface area contributed by atoms with E-state index in [1.54, 1.807) is 32.9 Å². The molecule has 9 nitrogen and oxygen atoms in total. The molecule has 0 saturated heterocycles. The maximum absolute atomic E-state index is 14.0. The van der Waals surface area contributed by atoms with Gasteiger partial charge in [-0.2, -0.15) is 0 Å². The summed E-state index contributed by atoms with van der Waals surface area (Å²) < 4.78 is 5.37. The van der Waals surface area contributed by atoms with E-state index in [4.69, 9.17) is 4.74 Å². The minimum Gasteiger partial charge on any atom is -0.508 e. The lowest BCUT2D eigenvalue weighted by atomic mass is 9.98. The van der Waals surface area contributed by atoms with Crippen molar-refractivity contribution in [3.05, 3.63) is 59.2 Å². The molecule has 0 aliphatic heterocycles. The van der Waals surface area contributed by atoms with Crippen LogP contribution in [0.2, 0.25) is 0 Å². The van der Waals surface area contributed by atoms with Crippen molar-refractivity contribution in [3.8, 4) is 5.75 Å². The summed E-state index contributed by atoms with van der Waals surface area (Å²) >= 11 is 0. The number of hydrogen-bond acceptors (Lipinski definition) is 6. The van der Waals surface area contributed by atoms with Gasteiger partial charge >= 0.3 is 6.09 Å². The van der Waals surface area contributed by atoms with Gasteiger partial charge in [0.25, 0.3) is 5.91 Å². The predicted molar refractivity (Wildman–Crippen MR) is 147 cm³/mol. The van der Waals surface area contributed by atoms with Gasteiger partial charge in [-0.15, -0.1) is 0 Å². The molecule has 9 heteroatoms. The van der Waals surface area contributed by atoms with Crippen LogP contribution in [0.15, 0.2) is 42.5 Å². The zero-order valence-electron chi connectivity index (χ0n) is 23.4. The van der Waals surface area contributed by atoms with E-state index in [1.165, 1.54) is 17.0 Å². The molecule has 2 atom stereocenters. The standard InChI is InChI=1S/C29H41N3O6/c1-18(2)16-23(30-28(37)38-29(5,6)7)27(36)32(14-15-33)25(21-12-9-13-22(34)17-21)26(35)31-24-19(3)10-8-11-20(24)4/h8-13,17-18,23,25,33-34H,14-16H2,1-7H3,(H,30,37)(H,31,35). The molecule has 0 spiro atoms. The van der Waals surface area contributed by atoms with Gasteiger partial charge in [0.1, 0.15) is 23.4 Å². The number of alkyl carbamates (subject to hydrolysis) is 1. The van der Waals surface area contributed by atoms with Gasteiger partial charge in [-0.3, -0.25) is 9.59 Å². The second-order valence-corrected chi connectivity index (χ2v) is 10.8. The number of para-hydroxylation sites is 1. The van der Waals surface area contributed by atoms with Crippen LogP contribution in [-0.2, 0) is 14.3 Å². The maximum atomic E-state index is 14.0. The molecule has 4 N–H and O–H groups in total. The second kappa shape index (κ2) is 13.3. The van der Waals surface area contributed by atoms with E-state index in [9.17, 15) is 24.6 Å². The van der Waals surface area contributed by atoms with E-state index >= 15 is 0 Å². The molecule has 0 aliphatic carbocycles. The van der Waals surface area contributed by atoms with Crippen molar-refractivity contribution < 1.29 is 29.3 Å². The number of ether oxygens (including phenoxy) is 1. The average Bonchev–Trinajstić information content (AvgIpc) is 2.79. The number of anilines is 1. The first-order valence-electron chi connectivity index (χ1n) is 12.8. The first-order valence-corrected chi connectivity index (χ1v) is 12.8. The summed E-state index contributed by atoms with van der Waals surface area (Å²) in [6.07, 6.45) is -0.472. The molecule has 38 heavy (non-hydrogen) atoms. The third-order valence-corrected chi connectivity index (χ3v) is 5.80. The number of nitrogens with zero attached hydrogens (tertiary/aromatic N) is 1. The lowest BCUT2D eigenvalue weighted by molar-refractivity contribution is -0.141. The topological polar surface area (TPSA) is 128 Å². The highest BCUT2D eigenvalue weighted by atomic mass is 16.6. The minimum absolute atomic E-state index is 0.0255. The van der Waals surface area contributed by atoms with E-state index in [2.05, 4.69) is 10.6 Å². The number of aliphatic hydroxyl groups is 1. The SMILES string of the molecule is Cc1cccc(C)c1NC(=O)C(c1cccc(O)c1)N(CCO)C(=O)C(CC(C)C)NC(=O)OC(C)(C)C. The third-order valence-electron chi connectivity index (χ3n) is 5.80. The summed E-state index contributed by atoms with van der Waals surface area (Å²) in [6.45, 7) is 12.1. The van der Waals surface area contributed by atoms with Crippen molar-refractivity contribution in [2.75, 3.05) is 18.5 Å². The molecular weight excluding hydrogens is 486 g/mol. The Bertz CT molecular complexity index is 1110. The Labute approximate surface area is 225 Å². The summed E-state index contributed by atoms with van der Waals surface area (Å²) in [5, 5.41) is 25.7. The Morgan fingerprint density at radius 2 is 1.63 bits per heavy atom. The summed E-state index contributed by atoms with van der Waals surface area (Å²) in [6, 6.07) is 9.49. The van der Waals surface area contributed by atoms with Crippen molar-refractivity contribution in [1.82, 2.24) is 10.2 Å². The number of phenolic OH excluding ortho intramolecular Hbond substituents is 1. The van der Waals surface area contributed by atoms with Crippen molar-refractivity contribution in [2.24, 2.45) is 5.92 Å². The van der Waals surface area contributed by atoms with Gasteiger partial charge in [0.2, 0.25) is 5.91 Å². The molecule has 208 valence electrons. The number of rotatable bonds is 10. The predicted octanol–water partition coefficient (Wildman–Crippen LogP) is 4.45. The Balaban J connectivity index is 2.54. The number of aliphatic hydroxyl groups excluding tert-OH is 1. The normalized spacial score (nSPS) is 13.0. The third kappa shape index (κ3) is 8.76. The molecule has 0 saturated carbocycles. The highest BCUT2D eigenvalue weighted by Gasteiger charge is 2.36. The highest BCUT2D eigenvalue weighted by molar-refractivity contribution is 6.00. The van der Waals surface area contributed by atoms with Gasteiger partial charge in [-0.05, 0) is 75.8 Å². The van der Waals surface area contributed by atoms with Crippen molar-refractivity contribution in [3.63, 3.8) is 0 Å². The number of phenols is 1. The van der Waals surface area contributed by atoms with Crippen LogP contribution in [0.25, 0.3) is 0 Å².